The average Bonchev–Trinajstić information content (AvgIpc) is 3.19. The molecule has 262 valence electrons. The number of rotatable bonds is 8. The first-order valence-electron chi connectivity index (χ1n) is 16.7. The van der Waals surface area contributed by atoms with Crippen molar-refractivity contribution in [3.05, 3.63) is 35.6 Å². The molecular weight excluding hydrogens is 608 g/mol. The van der Waals surface area contributed by atoms with Crippen molar-refractivity contribution in [2.75, 3.05) is 6.61 Å². The van der Waals surface area contributed by atoms with Crippen LogP contribution in [0, 0.1) is 39.4 Å². The molecule has 11 heteroatoms. The molecule has 47 heavy (non-hydrogen) atoms. The number of ketones is 3. The first-order valence-corrected chi connectivity index (χ1v) is 16.7. The number of ether oxygens (including phenoxy) is 2. The lowest BCUT2D eigenvalue weighted by Crippen LogP contribution is -2.64. The van der Waals surface area contributed by atoms with Crippen LogP contribution in [-0.4, -0.2) is 97.0 Å². The maximum atomic E-state index is 14.7. The summed E-state index contributed by atoms with van der Waals surface area (Å²) < 4.78 is 11.5. The van der Waals surface area contributed by atoms with Gasteiger partial charge in [0.1, 0.15) is 35.8 Å². The van der Waals surface area contributed by atoms with Gasteiger partial charge in [0.05, 0.1) is 18.1 Å². The second kappa shape index (κ2) is 11.7. The predicted octanol–water partition coefficient (Wildman–Crippen LogP) is 1.91. The first kappa shape index (κ1) is 36.0. The van der Waals surface area contributed by atoms with E-state index < -0.39 is 94.1 Å². The summed E-state index contributed by atoms with van der Waals surface area (Å²) in [6.07, 6.45) is -4.11. The molecule has 5 rings (SSSR count). The minimum Gasteiger partial charge on any atom is -0.459 e. The Morgan fingerprint density at radius 3 is 2.28 bits per heavy atom. The molecule has 0 amide bonds. The van der Waals surface area contributed by atoms with Gasteiger partial charge in [-0.1, -0.05) is 38.0 Å². The van der Waals surface area contributed by atoms with E-state index in [1.54, 1.807) is 19.9 Å². The van der Waals surface area contributed by atoms with Crippen LogP contribution in [0.25, 0.3) is 0 Å². The van der Waals surface area contributed by atoms with Gasteiger partial charge in [-0.3, -0.25) is 14.4 Å². The standard InChI is InChI=1S/C36H52O11/c1-17(2)9-12-24(39)36(8,45)29-20(38)14-33(5)23-11-10-18-19(35(23,7)25(40)15-34(29,33)6)13-21(30(44)32(18,3)4)46-31-28(43)27(42)26(41)22(16-37)47-31/h10,13,19-20,22-23,26-29,31,37-38,41-43,45H,1,9,11-12,14-16H2,2-8H3/t19-,20-,22-,23-,26-,27+,28-,29+,31-,33+,34-,35+,36+/m1/s1. The molecule has 5 aliphatic rings. The molecule has 2 saturated carbocycles. The molecule has 4 aliphatic carbocycles. The lowest BCUT2D eigenvalue weighted by molar-refractivity contribution is -0.291. The zero-order chi connectivity index (χ0) is 35.2. The fourth-order valence-electron chi connectivity index (χ4n) is 10.1. The van der Waals surface area contributed by atoms with Gasteiger partial charge in [0, 0.05) is 30.1 Å². The number of aliphatic hydroxyl groups excluding tert-OH is 5. The Morgan fingerprint density at radius 2 is 1.68 bits per heavy atom. The summed E-state index contributed by atoms with van der Waals surface area (Å²) in [5.74, 6) is -2.94. The van der Waals surface area contributed by atoms with Gasteiger partial charge in [-0.15, -0.1) is 6.58 Å². The summed E-state index contributed by atoms with van der Waals surface area (Å²) in [4.78, 5) is 41.9. The second-order valence-corrected chi connectivity index (χ2v) is 16.2. The number of Topliss-reactive ketones (excluding diaryl/α,β-unsaturated/α-hetero) is 3. The van der Waals surface area contributed by atoms with Gasteiger partial charge in [-0.25, -0.2) is 0 Å². The summed E-state index contributed by atoms with van der Waals surface area (Å²) >= 11 is 0. The monoisotopic (exact) mass is 660 g/mol. The van der Waals surface area contributed by atoms with Crippen LogP contribution in [0.15, 0.2) is 35.6 Å². The largest absolute Gasteiger partial charge is 0.459 e. The summed E-state index contributed by atoms with van der Waals surface area (Å²) in [6, 6.07) is 0. The SMILES string of the molecule is C=C(C)CCC(=O)[C@](C)(O)[C@H]1[C@H](O)C[C@@]2(C)[C@H]3CC=C4[C@@H](C=C(O[C@@H]5O[C@H](CO)[C@@H](O)[C@H](O)[C@H]5O)C(=O)C4(C)C)[C@]3(C)C(=O)C[C@]12C. The zero-order valence-corrected chi connectivity index (χ0v) is 28.5. The Bertz CT molecular complexity index is 1410. The average molecular weight is 661 g/mol. The maximum absolute atomic E-state index is 14.7. The highest BCUT2D eigenvalue weighted by Gasteiger charge is 2.74. The van der Waals surface area contributed by atoms with Crippen molar-refractivity contribution in [1.82, 2.24) is 0 Å². The third-order valence-electron chi connectivity index (χ3n) is 13.1. The number of fused-ring (bicyclic) bond motifs is 5. The van der Waals surface area contributed by atoms with E-state index in [2.05, 4.69) is 6.58 Å². The van der Waals surface area contributed by atoms with Crippen LogP contribution >= 0.6 is 0 Å². The van der Waals surface area contributed by atoms with Crippen molar-refractivity contribution in [2.45, 2.75) is 123 Å². The molecule has 1 aliphatic heterocycles. The topological polar surface area (TPSA) is 191 Å². The number of aliphatic hydroxyl groups is 6. The van der Waals surface area contributed by atoms with Gasteiger partial charge in [-0.05, 0) is 69.8 Å². The van der Waals surface area contributed by atoms with Crippen molar-refractivity contribution in [3.63, 3.8) is 0 Å². The third kappa shape index (κ3) is 5.06. The lowest BCUT2D eigenvalue weighted by atomic mass is 9.39. The second-order valence-electron chi connectivity index (χ2n) is 16.2. The van der Waals surface area contributed by atoms with Crippen LogP contribution in [0.4, 0.5) is 0 Å². The molecule has 6 N–H and O–H groups in total. The van der Waals surface area contributed by atoms with Crippen LogP contribution in [0.5, 0.6) is 0 Å². The summed E-state index contributed by atoms with van der Waals surface area (Å²) in [5.41, 5.74) is -4.13. The fourth-order valence-corrected chi connectivity index (χ4v) is 10.1. The van der Waals surface area contributed by atoms with E-state index >= 15 is 0 Å². The Labute approximate surface area is 276 Å². The Kier molecular flexibility index (Phi) is 8.95. The molecule has 0 aromatic carbocycles. The highest BCUT2D eigenvalue weighted by Crippen LogP contribution is 2.73. The highest BCUT2D eigenvalue weighted by molar-refractivity contribution is 6.02. The normalized spacial score (nSPS) is 45.5. The number of hydrogen-bond acceptors (Lipinski definition) is 11. The Hall–Kier alpha value is -2.25. The van der Waals surface area contributed by atoms with E-state index in [0.717, 1.165) is 11.1 Å². The van der Waals surface area contributed by atoms with E-state index in [4.69, 9.17) is 9.47 Å². The quantitative estimate of drug-likeness (QED) is 0.209. The van der Waals surface area contributed by atoms with Gasteiger partial charge < -0.3 is 40.1 Å². The lowest BCUT2D eigenvalue weighted by Gasteiger charge is -2.63. The van der Waals surface area contributed by atoms with Gasteiger partial charge in [0.2, 0.25) is 12.1 Å². The fraction of sp³-hybridized carbons (Fsp3) is 0.750. The molecule has 0 unspecified atom stereocenters. The number of hydrogen-bond donors (Lipinski definition) is 6. The number of carbonyl (C=O) groups is 3. The molecule has 3 fully saturated rings. The first-order chi connectivity index (χ1) is 21.6. The van der Waals surface area contributed by atoms with Crippen molar-refractivity contribution in [2.24, 2.45) is 39.4 Å². The van der Waals surface area contributed by atoms with Crippen LogP contribution in [-0.2, 0) is 23.9 Å². The summed E-state index contributed by atoms with van der Waals surface area (Å²) in [5, 5.41) is 64.2. The number of allylic oxidation sites excluding steroid dienone is 5. The van der Waals surface area contributed by atoms with E-state index in [0.29, 0.717) is 12.8 Å². The van der Waals surface area contributed by atoms with Gasteiger partial charge in [0.25, 0.3) is 0 Å². The molecule has 1 saturated heterocycles. The molecule has 1 heterocycles. The molecule has 0 spiro atoms. The smallest absolute Gasteiger partial charge is 0.229 e. The molecule has 0 aromatic heterocycles. The highest BCUT2D eigenvalue weighted by atomic mass is 16.7. The molecular formula is C36H52O11. The minimum absolute atomic E-state index is 0.00294. The summed E-state index contributed by atoms with van der Waals surface area (Å²) in [7, 11) is 0. The van der Waals surface area contributed by atoms with Gasteiger partial charge in [0.15, 0.2) is 11.5 Å². The maximum Gasteiger partial charge on any atom is 0.229 e. The molecule has 11 nitrogen and oxygen atoms in total. The summed E-state index contributed by atoms with van der Waals surface area (Å²) in [6.45, 7) is 15.8. The predicted molar refractivity (Wildman–Crippen MR) is 169 cm³/mol. The van der Waals surface area contributed by atoms with E-state index in [1.165, 1.54) is 6.92 Å². The molecule has 0 bridgehead atoms. The Morgan fingerprint density at radius 1 is 1.04 bits per heavy atom. The van der Waals surface area contributed by atoms with Crippen LogP contribution in [0.2, 0.25) is 0 Å². The minimum atomic E-state index is -1.88. The van der Waals surface area contributed by atoms with E-state index in [1.807, 2.05) is 33.8 Å². The van der Waals surface area contributed by atoms with Gasteiger partial charge >= 0.3 is 0 Å². The molecule has 0 aromatic rings. The van der Waals surface area contributed by atoms with Gasteiger partial charge in [-0.2, -0.15) is 0 Å². The third-order valence-corrected chi connectivity index (χ3v) is 13.1. The van der Waals surface area contributed by atoms with Crippen molar-refractivity contribution in [3.8, 4) is 0 Å². The van der Waals surface area contributed by atoms with Crippen molar-refractivity contribution < 1.29 is 54.5 Å². The molecule has 0 radical (unpaired) electrons. The zero-order valence-electron chi connectivity index (χ0n) is 28.5. The van der Waals surface area contributed by atoms with Crippen LogP contribution in [0.1, 0.15) is 80.6 Å². The van der Waals surface area contributed by atoms with Crippen LogP contribution < -0.4 is 0 Å². The number of carbonyl (C=O) groups excluding carboxylic acids is 3. The van der Waals surface area contributed by atoms with Crippen molar-refractivity contribution >= 4 is 17.3 Å². The Balaban J connectivity index is 1.54. The van der Waals surface area contributed by atoms with E-state index in [9.17, 15) is 45.0 Å². The molecule has 13 atom stereocenters. The van der Waals surface area contributed by atoms with E-state index in [-0.39, 0.29) is 36.7 Å². The van der Waals surface area contributed by atoms with Crippen molar-refractivity contribution in [1.29, 1.82) is 0 Å². The van der Waals surface area contributed by atoms with Crippen LogP contribution in [0.3, 0.4) is 0 Å².